The van der Waals surface area contributed by atoms with Crippen LogP contribution in [0.15, 0.2) is 66.7 Å². The zero-order chi connectivity index (χ0) is 15.1. The molecule has 0 atom stereocenters. The summed E-state index contributed by atoms with van der Waals surface area (Å²) in [6.07, 6.45) is 0. The summed E-state index contributed by atoms with van der Waals surface area (Å²) in [5.41, 5.74) is 0.774. The molecule has 1 N–H and O–H groups in total. The topological polar surface area (TPSA) is 29.5 Å². The molecule has 2 nitrogen and oxygen atoms in total. The van der Waals surface area contributed by atoms with E-state index in [9.17, 15) is 5.02 Å². The molecule has 0 bridgehead atoms. The van der Waals surface area contributed by atoms with Gasteiger partial charge in [-0.1, -0.05) is 66.7 Å². The first-order valence-electron chi connectivity index (χ1n) is 7.33. The van der Waals surface area contributed by atoms with E-state index in [1.165, 1.54) is 34.0 Å². The zero-order valence-corrected chi connectivity index (χ0v) is 12.3. The Morgan fingerprint density at radius 3 is 1.64 bits per heavy atom. The number of fused-ring (bicyclic) bond motifs is 6. The van der Waals surface area contributed by atoms with Crippen molar-refractivity contribution >= 4 is 44.9 Å². The van der Waals surface area contributed by atoms with E-state index in [2.05, 4.69) is 54.6 Å². The second-order valence-corrected chi connectivity index (χ2v) is 5.48. The second kappa shape index (κ2) is 5.13. The van der Waals surface area contributed by atoms with E-state index in [1.807, 2.05) is 12.1 Å². The van der Waals surface area contributed by atoms with Gasteiger partial charge in [-0.25, -0.2) is 0 Å². The van der Waals surface area contributed by atoms with Gasteiger partial charge in [0.05, 0.1) is 0 Å². The molecular weight excluding hydrogens is 271 g/mol. The number of benzene rings is 4. The van der Waals surface area contributed by atoms with E-state index in [0.29, 0.717) is 0 Å². The molecule has 0 spiro atoms. The van der Waals surface area contributed by atoms with Crippen molar-refractivity contribution < 1.29 is 9.68 Å². The molecule has 4 aromatic rings. The van der Waals surface area contributed by atoms with Crippen LogP contribution in [0.25, 0.3) is 32.3 Å². The van der Waals surface area contributed by atoms with Crippen LogP contribution in [-0.4, -0.2) is 19.3 Å². The van der Waals surface area contributed by atoms with Gasteiger partial charge in [-0.2, -0.15) is 0 Å². The van der Waals surface area contributed by atoms with Crippen LogP contribution >= 0.6 is 0 Å². The van der Waals surface area contributed by atoms with Crippen molar-refractivity contribution in [1.29, 1.82) is 0 Å². The monoisotopic (exact) mass is 286 g/mol. The molecule has 22 heavy (non-hydrogen) atoms. The molecular formula is C19H15BO2. The lowest BCUT2D eigenvalue weighted by molar-refractivity contribution is 0.341. The van der Waals surface area contributed by atoms with Crippen molar-refractivity contribution in [3.05, 3.63) is 66.7 Å². The Kier molecular flexibility index (Phi) is 3.10. The van der Waals surface area contributed by atoms with Crippen LogP contribution in [0.4, 0.5) is 0 Å². The minimum Gasteiger partial charge on any atom is -0.423 e. The van der Waals surface area contributed by atoms with Gasteiger partial charge in [0.15, 0.2) is 0 Å². The molecule has 3 heteroatoms. The minimum absolute atomic E-state index is 0.774. The van der Waals surface area contributed by atoms with Gasteiger partial charge in [0, 0.05) is 7.11 Å². The summed E-state index contributed by atoms with van der Waals surface area (Å²) >= 11 is 0. The maximum atomic E-state index is 9.95. The predicted molar refractivity (Wildman–Crippen MR) is 93.6 cm³/mol. The molecule has 0 aliphatic heterocycles. The third-order valence-electron chi connectivity index (χ3n) is 4.28. The van der Waals surface area contributed by atoms with Crippen LogP contribution in [0.2, 0.25) is 0 Å². The first-order chi connectivity index (χ1) is 10.8. The van der Waals surface area contributed by atoms with Crippen LogP contribution < -0.4 is 5.46 Å². The number of rotatable bonds is 2. The Bertz CT molecular complexity index is 959. The van der Waals surface area contributed by atoms with Crippen molar-refractivity contribution in [1.82, 2.24) is 0 Å². The molecule has 106 valence electrons. The lowest BCUT2D eigenvalue weighted by Gasteiger charge is -2.12. The molecule has 0 radical (unpaired) electrons. The first kappa shape index (κ1) is 13.3. The van der Waals surface area contributed by atoms with Gasteiger partial charge >= 0.3 is 7.12 Å². The normalized spacial score (nSPS) is 11.4. The molecule has 0 saturated heterocycles. The van der Waals surface area contributed by atoms with Crippen molar-refractivity contribution in [3.63, 3.8) is 0 Å². The number of hydrogen-bond acceptors (Lipinski definition) is 2. The Balaban J connectivity index is 2.22. The van der Waals surface area contributed by atoms with E-state index >= 15 is 0 Å². The number of hydrogen-bond donors (Lipinski definition) is 1. The molecule has 0 amide bonds. The lowest BCUT2D eigenvalue weighted by Crippen LogP contribution is -2.32. The highest BCUT2D eigenvalue weighted by molar-refractivity contribution is 6.60. The van der Waals surface area contributed by atoms with E-state index in [0.717, 1.165) is 10.8 Å². The average Bonchev–Trinajstić information content (AvgIpc) is 2.61. The van der Waals surface area contributed by atoms with Gasteiger partial charge in [-0.15, -0.1) is 0 Å². The summed E-state index contributed by atoms with van der Waals surface area (Å²) in [5, 5.41) is 17.2. The summed E-state index contributed by atoms with van der Waals surface area (Å²) < 4.78 is 5.04. The summed E-state index contributed by atoms with van der Waals surface area (Å²) in [5.74, 6) is 0. The fourth-order valence-corrected chi connectivity index (χ4v) is 3.21. The summed E-state index contributed by atoms with van der Waals surface area (Å²) in [7, 11) is 0.613. The summed E-state index contributed by atoms with van der Waals surface area (Å²) in [6, 6.07) is 22.9. The zero-order valence-electron chi connectivity index (χ0n) is 12.3. The standard InChI is InChI=1S/C19H15BO2/c1-22-20(21)13-10-11-18-16-8-3-2-6-14(16)15-7-4-5-9-17(15)19(18)12-13/h2-12,21H,1H3. The maximum absolute atomic E-state index is 9.95. The minimum atomic E-state index is -0.894. The first-order valence-corrected chi connectivity index (χ1v) is 7.33. The van der Waals surface area contributed by atoms with Crippen LogP contribution in [0, 0.1) is 0 Å². The van der Waals surface area contributed by atoms with Gasteiger partial charge in [0.1, 0.15) is 0 Å². The van der Waals surface area contributed by atoms with E-state index in [-0.39, 0.29) is 0 Å². The van der Waals surface area contributed by atoms with Gasteiger partial charge in [-0.3, -0.25) is 0 Å². The molecule has 0 aliphatic rings. The van der Waals surface area contributed by atoms with Crippen LogP contribution in [0.5, 0.6) is 0 Å². The van der Waals surface area contributed by atoms with Crippen LogP contribution in [0.1, 0.15) is 0 Å². The summed E-state index contributed by atoms with van der Waals surface area (Å²) in [4.78, 5) is 0. The van der Waals surface area contributed by atoms with Crippen molar-refractivity contribution in [3.8, 4) is 0 Å². The second-order valence-electron chi connectivity index (χ2n) is 5.48. The fourth-order valence-electron chi connectivity index (χ4n) is 3.21. The van der Waals surface area contributed by atoms with E-state index in [4.69, 9.17) is 4.65 Å². The fraction of sp³-hybridized carbons (Fsp3) is 0.0526. The van der Waals surface area contributed by atoms with Gasteiger partial charge in [0.2, 0.25) is 0 Å². The van der Waals surface area contributed by atoms with Crippen molar-refractivity contribution in [2.24, 2.45) is 0 Å². The SMILES string of the molecule is COB(O)c1ccc2c3ccccc3c3ccccc3c2c1. The molecule has 0 unspecified atom stereocenters. The highest BCUT2D eigenvalue weighted by Crippen LogP contribution is 2.34. The van der Waals surface area contributed by atoms with E-state index in [1.54, 1.807) is 0 Å². The summed E-state index contributed by atoms with van der Waals surface area (Å²) in [6.45, 7) is 0. The lowest BCUT2D eigenvalue weighted by atomic mass is 9.78. The molecule has 0 saturated carbocycles. The van der Waals surface area contributed by atoms with Crippen molar-refractivity contribution in [2.45, 2.75) is 0 Å². The average molecular weight is 286 g/mol. The third kappa shape index (κ3) is 1.91. The molecule has 0 aliphatic carbocycles. The molecule has 4 aromatic carbocycles. The highest BCUT2D eigenvalue weighted by Gasteiger charge is 2.16. The molecule has 0 fully saturated rings. The van der Waals surface area contributed by atoms with Gasteiger partial charge < -0.3 is 9.68 Å². The Morgan fingerprint density at radius 1 is 0.682 bits per heavy atom. The largest absolute Gasteiger partial charge is 0.490 e. The van der Waals surface area contributed by atoms with Crippen LogP contribution in [-0.2, 0) is 4.65 Å². The quantitative estimate of drug-likeness (QED) is 0.451. The van der Waals surface area contributed by atoms with Crippen LogP contribution in [0.3, 0.4) is 0 Å². The van der Waals surface area contributed by atoms with Gasteiger partial charge in [0.25, 0.3) is 0 Å². The van der Waals surface area contributed by atoms with Gasteiger partial charge in [-0.05, 0) is 37.8 Å². The smallest absolute Gasteiger partial charge is 0.423 e. The molecule has 4 rings (SSSR count). The Labute approximate surface area is 129 Å². The predicted octanol–water partition coefficient (Wildman–Crippen LogP) is 3.48. The molecule has 0 aromatic heterocycles. The Morgan fingerprint density at radius 2 is 1.14 bits per heavy atom. The highest BCUT2D eigenvalue weighted by atomic mass is 16.5. The molecule has 0 heterocycles. The third-order valence-corrected chi connectivity index (χ3v) is 4.28. The van der Waals surface area contributed by atoms with E-state index < -0.39 is 7.12 Å². The Hall–Kier alpha value is -2.36. The maximum Gasteiger partial charge on any atom is 0.490 e. The van der Waals surface area contributed by atoms with Crippen molar-refractivity contribution in [2.75, 3.05) is 7.11 Å².